The van der Waals surface area contributed by atoms with Gasteiger partial charge in [0.2, 0.25) is 5.95 Å². The fourth-order valence-electron chi connectivity index (χ4n) is 3.54. The molecule has 1 aliphatic rings. The third kappa shape index (κ3) is 2.54. The van der Waals surface area contributed by atoms with E-state index in [0.717, 1.165) is 35.5 Å². The average Bonchev–Trinajstić information content (AvgIpc) is 2.91. The molecule has 4 rings (SSSR count). The summed E-state index contributed by atoms with van der Waals surface area (Å²) in [4.78, 5) is 31.8. The fraction of sp³-hybridized carbons (Fsp3) is 0.389. The van der Waals surface area contributed by atoms with Gasteiger partial charge in [-0.05, 0) is 24.5 Å². The summed E-state index contributed by atoms with van der Waals surface area (Å²) in [6, 6.07) is 7.73. The standard InChI is InChI=1S/C18H20ClN5O2/c1-21-15-14(16(25)22(2)18(21)26)24-10-6-5-9-23(17(24)20-15)11-12-7-3-4-8-13(12)19/h3-4,7-8H,5-6,9-11H2,1-2H3. The molecule has 0 amide bonds. The molecular weight excluding hydrogens is 354 g/mol. The van der Waals surface area contributed by atoms with Gasteiger partial charge >= 0.3 is 5.69 Å². The van der Waals surface area contributed by atoms with Crippen molar-refractivity contribution in [1.29, 1.82) is 0 Å². The summed E-state index contributed by atoms with van der Waals surface area (Å²) < 4.78 is 4.52. The lowest BCUT2D eigenvalue weighted by Crippen LogP contribution is -2.37. The minimum Gasteiger partial charge on any atom is -0.338 e. The van der Waals surface area contributed by atoms with Crippen LogP contribution in [0.5, 0.6) is 0 Å². The zero-order chi connectivity index (χ0) is 18.4. The Balaban J connectivity index is 1.91. The van der Waals surface area contributed by atoms with Gasteiger partial charge in [0.15, 0.2) is 11.2 Å². The first-order valence-corrected chi connectivity index (χ1v) is 9.01. The molecule has 0 bridgehead atoms. The molecule has 0 saturated carbocycles. The Labute approximate surface area is 155 Å². The molecule has 0 fully saturated rings. The number of halogens is 1. The first kappa shape index (κ1) is 16.9. The van der Waals surface area contributed by atoms with Crippen LogP contribution in [-0.4, -0.2) is 25.2 Å². The van der Waals surface area contributed by atoms with E-state index in [1.165, 1.54) is 11.6 Å². The predicted octanol–water partition coefficient (Wildman–Crippen LogP) is 1.89. The van der Waals surface area contributed by atoms with Crippen LogP contribution in [0.15, 0.2) is 33.9 Å². The molecule has 136 valence electrons. The molecule has 0 radical (unpaired) electrons. The summed E-state index contributed by atoms with van der Waals surface area (Å²) >= 11 is 6.33. The molecule has 26 heavy (non-hydrogen) atoms. The molecule has 7 nitrogen and oxygen atoms in total. The van der Waals surface area contributed by atoms with Crippen LogP contribution in [0.1, 0.15) is 18.4 Å². The average molecular weight is 374 g/mol. The van der Waals surface area contributed by atoms with Crippen LogP contribution in [0.2, 0.25) is 5.02 Å². The van der Waals surface area contributed by atoms with Crippen molar-refractivity contribution in [2.45, 2.75) is 25.9 Å². The highest BCUT2D eigenvalue weighted by Gasteiger charge is 2.24. The summed E-state index contributed by atoms with van der Waals surface area (Å²) in [7, 11) is 3.15. The van der Waals surface area contributed by atoms with Crippen molar-refractivity contribution in [1.82, 2.24) is 18.7 Å². The Kier molecular flexibility index (Phi) is 4.11. The molecule has 3 aromatic rings. The molecule has 2 aromatic heterocycles. The lowest BCUT2D eigenvalue weighted by atomic mass is 10.2. The maximum Gasteiger partial charge on any atom is 0.332 e. The lowest BCUT2D eigenvalue weighted by molar-refractivity contribution is 0.654. The predicted molar refractivity (Wildman–Crippen MR) is 102 cm³/mol. The highest BCUT2D eigenvalue weighted by molar-refractivity contribution is 6.31. The van der Waals surface area contributed by atoms with Gasteiger partial charge in [-0.2, -0.15) is 4.98 Å². The Morgan fingerprint density at radius 1 is 1.08 bits per heavy atom. The molecule has 0 atom stereocenters. The molecule has 8 heteroatoms. The van der Waals surface area contributed by atoms with Crippen molar-refractivity contribution in [3.05, 3.63) is 55.7 Å². The van der Waals surface area contributed by atoms with Crippen LogP contribution in [0, 0.1) is 0 Å². The number of benzene rings is 1. The number of nitrogens with zero attached hydrogens (tertiary/aromatic N) is 5. The zero-order valence-corrected chi connectivity index (χ0v) is 15.5. The first-order chi connectivity index (χ1) is 12.5. The number of aromatic nitrogens is 4. The summed E-state index contributed by atoms with van der Waals surface area (Å²) in [6.07, 6.45) is 1.95. The minimum atomic E-state index is -0.367. The number of aryl methyl sites for hydroxylation is 2. The summed E-state index contributed by atoms with van der Waals surface area (Å²) in [5, 5.41) is 0.711. The Morgan fingerprint density at radius 2 is 1.81 bits per heavy atom. The van der Waals surface area contributed by atoms with Crippen LogP contribution in [0.4, 0.5) is 5.95 Å². The van der Waals surface area contributed by atoms with Crippen LogP contribution in [0.3, 0.4) is 0 Å². The third-order valence-corrected chi connectivity index (χ3v) is 5.36. The quantitative estimate of drug-likeness (QED) is 0.688. The summed E-state index contributed by atoms with van der Waals surface area (Å²) in [5.41, 5.74) is 1.25. The molecule has 0 N–H and O–H groups in total. The van der Waals surface area contributed by atoms with E-state index in [1.54, 1.807) is 7.05 Å². The normalized spacial score (nSPS) is 14.5. The van der Waals surface area contributed by atoms with Gasteiger partial charge in [0.05, 0.1) is 0 Å². The van der Waals surface area contributed by atoms with Crippen LogP contribution in [-0.2, 0) is 27.2 Å². The number of fused-ring (bicyclic) bond motifs is 3. The lowest BCUT2D eigenvalue weighted by Gasteiger charge is -2.22. The number of imidazole rings is 1. The molecule has 0 spiro atoms. The molecule has 0 aliphatic carbocycles. The SMILES string of the molecule is Cn1c(=O)c2c(nc3n2CCCCN3Cc2ccccc2Cl)n(C)c1=O. The molecule has 1 aromatic carbocycles. The van der Waals surface area contributed by atoms with Crippen LogP contribution in [0.25, 0.3) is 11.2 Å². The fourth-order valence-corrected chi connectivity index (χ4v) is 3.74. The van der Waals surface area contributed by atoms with E-state index in [0.29, 0.717) is 29.3 Å². The van der Waals surface area contributed by atoms with Crippen molar-refractivity contribution in [2.24, 2.45) is 14.1 Å². The molecule has 0 unspecified atom stereocenters. The van der Waals surface area contributed by atoms with Gasteiger partial charge in [-0.25, -0.2) is 4.79 Å². The highest BCUT2D eigenvalue weighted by atomic mass is 35.5. The zero-order valence-electron chi connectivity index (χ0n) is 14.8. The number of rotatable bonds is 2. The Hall–Kier alpha value is -2.54. The van der Waals surface area contributed by atoms with Crippen molar-refractivity contribution < 1.29 is 0 Å². The van der Waals surface area contributed by atoms with Gasteiger partial charge in [0, 0.05) is 38.8 Å². The van der Waals surface area contributed by atoms with Crippen LogP contribution < -0.4 is 16.1 Å². The summed E-state index contributed by atoms with van der Waals surface area (Å²) in [6.45, 7) is 2.14. The van der Waals surface area contributed by atoms with Gasteiger partial charge < -0.3 is 9.47 Å². The highest BCUT2D eigenvalue weighted by Crippen LogP contribution is 2.27. The van der Waals surface area contributed by atoms with E-state index in [4.69, 9.17) is 11.6 Å². The van der Waals surface area contributed by atoms with E-state index >= 15 is 0 Å². The van der Waals surface area contributed by atoms with Gasteiger partial charge in [0.1, 0.15) is 0 Å². The van der Waals surface area contributed by atoms with Gasteiger partial charge in [-0.1, -0.05) is 29.8 Å². The Bertz CT molecular complexity index is 1110. The van der Waals surface area contributed by atoms with Crippen molar-refractivity contribution >= 4 is 28.7 Å². The molecule has 3 heterocycles. The maximum atomic E-state index is 12.7. The number of hydrogen-bond donors (Lipinski definition) is 0. The van der Waals surface area contributed by atoms with E-state index in [2.05, 4.69) is 9.88 Å². The second kappa shape index (κ2) is 6.32. The molecule has 1 aliphatic heterocycles. The second-order valence-electron chi connectivity index (χ2n) is 6.66. The minimum absolute atomic E-state index is 0.304. The smallest absolute Gasteiger partial charge is 0.332 e. The van der Waals surface area contributed by atoms with Crippen molar-refractivity contribution in [3.63, 3.8) is 0 Å². The first-order valence-electron chi connectivity index (χ1n) is 8.63. The van der Waals surface area contributed by atoms with Crippen LogP contribution >= 0.6 is 11.6 Å². The van der Waals surface area contributed by atoms with E-state index < -0.39 is 0 Å². The van der Waals surface area contributed by atoms with Crippen molar-refractivity contribution in [3.8, 4) is 0 Å². The monoisotopic (exact) mass is 373 g/mol. The number of hydrogen-bond acceptors (Lipinski definition) is 4. The van der Waals surface area contributed by atoms with Gasteiger partial charge in [-0.3, -0.25) is 13.9 Å². The van der Waals surface area contributed by atoms with E-state index in [9.17, 15) is 9.59 Å². The molecule has 0 saturated heterocycles. The Morgan fingerprint density at radius 3 is 2.58 bits per heavy atom. The van der Waals surface area contributed by atoms with Gasteiger partial charge in [0.25, 0.3) is 5.56 Å². The second-order valence-corrected chi connectivity index (χ2v) is 7.07. The van der Waals surface area contributed by atoms with E-state index in [-0.39, 0.29) is 11.2 Å². The van der Waals surface area contributed by atoms with Gasteiger partial charge in [-0.15, -0.1) is 0 Å². The number of anilines is 1. The summed E-state index contributed by atoms with van der Waals surface area (Å²) in [5.74, 6) is 0.718. The largest absolute Gasteiger partial charge is 0.338 e. The van der Waals surface area contributed by atoms with E-state index in [1.807, 2.05) is 28.8 Å². The maximum absolute atomic E-state index is 12.7. The van der Waals surface area contributed by atoms with Crippen molar-refractivity contribution in [2.75, 3.05) is 11.4 Å². The third-order valence-electron chi connectivity index (χ3n) is 4.99. The molecular formula is C18H20ClN5O2. The topological polar surface area (TPSA) is 65.1 Å².